The van der Waals surface area contributed by atoms with Gasteiger partial charge in [0.1, 0.15) is 6.61 Å². The van der Waals surface area contributed by atoms with Crippen LogP contribution in [0.1, 0.15) is 35.8 Å². The van der Waals surface area contributed by atoms with Crippen LogP contribution in [0.2, 0.25) is 0 Å². The van der Waals surface area contributed by atoms with E-state index in [4.69, 9.17) is 4.74 Å². The third kappa shape index (κ3) is 4.21. The summed E-state index contributed by atoms with van der Waals surface area (Å²) in [5.41, 5.74) is 2.07. The van der Waals surface area contributed by atoms with Gasteiger partial charge in [-0.15, -0.1) is 11.3 Å². The van der Waals surface area contributed by atoms with E-state index >= 15 is 0 Å². The molecule has 1 heterocycles. The van der Waals surface area contributed by atoms with Gasteiger partial charge >= 0.3 is 5.97 Å². The smallest absolute Gasteiger partial charge is 0.310 e. The molecule has 0 radical (unpaired) electrons. The molecule has 0 aliphatic rings. The highest BCUT2D eigenvalue weighted by atomic mass is 32.1. The Hall–Kier alpha value is -1.61. The third-order valence-electron chi connectivity index (χ3n) is 2.83. The third-order valence-corrected chi connectivity index (χ3v) is 4.12. The van der Waals surface area contributed by atoms with Crippen LogP contribution in [0.5, 0.6) is 0 Å². The molecular weight excluding hydrogens is 256 g/mol. The first-order chi connectivity index (χ1) is 9.15. The number of hydrogen-bond acceptors (Lipinski definition) is 3. The molecule has 0 N–H and O–H groups in total. The number of esters is 1. The number of benzene rings is 1. The lowest BCUT2D eigenvalue weighted by Crippen LogP contribution is -2.07. The van der Waals surface area contributed by atoms with Gasteiger partial charge in [0, 0.05) is 4.88 Å². The highest BCUT2D eigenvalue weighted by molar-refractivity contribution is 7.10. The molecule has 0 amide bonds. The second-order valence-corrected chi connectivity index (χ2v) is 5.78. The number of rotatable bonds is 5. The lowest BCUT2D eigenvalue weighted by molar-refractivity contribution is -0.144. The quantitative estimate of drug-likeness (QED) is 0.765. The maximum absolute atomic E-state index is 11.7. The standard InChI is InChI=1S/C16H18O2S/c1-12(2)15-8-14(11-19-15)9-16(17)18-10-13-6-4-3-5-7-13/h3-8,11-12H,9-10H2,1-2H3. The van der Waals surface area contributed by atoms with Gasteiger partial charge in [-0.25, -0.2) is 0 Å². The van der Waals surface area contributed by atoms with Crippen molar-refractivity contribution in [3.8, 4) is 0 Å². The van der Waals surface area contributed by atoms with E-state index in [9.17, 15) is 4.79 Å². The van der Waals surface area contributed by atoms with Crippen LogP contribution in [-0.4, -0.2) is 5.97 Å². The average Bonchev–Trinajstić information content (AvgIpc) is 2.86. The molecule has 0 saturated carbocycles. The molecular formula is C16H18O2S. The molecule has 3 heteroatoms. The van der Waals surface area contributed by atoms with Gasteiger partial charge in [-0.1, -0.05) is 44.2 Å². The minimum Gasteiger partial charge on any atom is -0.461 e. The molecule has 0 bridgehead atoms. The van der Waals surface area contributed by atoms with Gasteiger partial charge in [0.05, 0.1) is 6.42 Å². The van der Waals surface area contributed by atoms with Crippen LogP contribution in [0.25, 0.3) is 0 Å². The molecule has 0 atom stereocenters. The van der Waals surface area contributed by atoms with Gasteiger partial charge in [-0.05, 0) is 28.5 Å². The Morgan fingerprint density at radius 3 is 2.58 bits per heavy atom. The molecule has 0 saturated heterocycles. The van der Waals surface area contributed by atoms with E-state index in [2.05, 4.69) is 19.9 Å². The Labute approximate surface area is 118 Å². The second kappa shape index (κ2) is 6.53. The first-order valence-electron chi connectivity index (χ1n) is 6.42. The SMILES string of the molecule is CC(C)c1cc(CC(=O)OCc2ccccc2)cs1. The number of carbonyl (C=O) groups excluding carboxylic acids is 1. The summed E-state index contributed by atoms with van der Waals surface area (Å²) >= 11 is 1.71. The van der Waals surface area contributed by atoms with E-state index in [0.29, 0.717) is 18.9 Å². The summed E-state index contributed by atoms with van der Waals surface area (Å²) in [5.74, 6) is 0.344. The molecule has 0 spiro atoms. The van der Waals surface area contributed by atoms with Crippen LogP contribution in [0, 0.1) is 0 Å². The van der Waals surface area contributed by atoms with Crippen molar-refractivity contribution in [3.05, 3.63) is 57.8 Å². The predicted octanol–water partition coefficient (Wildman–Crippen LogP) is 4.16. The molecule has 100 valence electrons. The van der Waals surface area contributed by atoms with Crippen LogP contribution in [0.3, 0.4) is 0 Å². The highest BCUT2D eigenvalue weighted by Crippen LogP contribution is 2.23. The summed E-state index contributed by atoms with van der Waals surface area (Å²) in [6.45, 7) is 4.66. The molecule has 1 aromatic carbocycles. The van der Waals surface area contributed by atoms with E-state index in [0.717, 1.165) is 11.1 Å². The first kappa shape index (κ1) is 13.8. The van der Waals surface area contributed by atoms with Gasteiger partial charge in [0.15, 0.2) is 0 Å². The monoisotopic (exact) mass is 274 g/mol. The largest absolute Gasteiger partial charge is 0.461 e. The maximum atomic E-state index is 11.7. The summed E-state index contributed by atoms with van der Waals surface area (Å²) in [6, 6.07) is 11.8. The van der Waals surface area contributed by atoms with Crippen molar-refractivity contribution in [2.75, 3.05) is 0 Å². The molecule has 0 aliphatic carbocycles. The normalized spacial score (nSPS) is 10.7. The lowest BCUT2D eigenvalue weighted by atomic mass is 10.1. The molecule has 0 fully saturated rings. The van der Waals surface area contributed by atoms with Crippen molar-refractivity contribution in [2.24, 2.45) is 0 Å². The van der Waals surface area contributed by atoms with Gasteiger partial charge in [-0.2, -0.15) is 0 Å². The molecule has 1 aromatic heterocycles. The Bertz CT molecular complexity index is 529. The molecule has 2 nitrogen and oxygen atoms in total. The van der Waals surface area contributed by atoms with Crippen LogP contribution in [0.15, 0.2) is 41.8 Å². The van der Waals surface area contributed by atoms with E-state index in [-0.39, 0.29) is 5.97 Å². The Balaban J connectivity index is 1.84. The number of hydrogen-bond donors (Lipinski definition) is 0. The Morgan fingerprint density at radius 1 is 1.21 bits per heavy atom. The van der Waals surface area contributed by atoms with Crippen LogP contribution in [-0.2, 0) is 22.6 Å². The fourth-order valence-electron chi connectivity index (χ4n) is 1.75. The second-order valence-electron chi connectivity index (χ2n) is 4.84. The zero-order valence-corrected chi connectivity index (χ0v) is 12.1. The number of ether oxygens (including phenoxy) is 1. The van der Waals surface area contributed by atoms with Crippen LogP contribution in [0.4, 0.5) is 0 Å². The maximum Gasteiger partial charge on any atom is 0.310 e. The van der Waals surface area contributed by atoms with Gasteiger partial charge in [0.2, 0.25) is 0 Å². The van der Waals surface area contributed by atoms with Crippen molar-refractivity contribution in [2.45, 2.75) is 32.8 Å². The van der Waals surface area contributed by atoms with Gasteiger partial charge in [0.25, 0.3) is 0 Å². The van der Waals surface area contributed by atoms with E-state index in [1.807, 2.05) is 35.7 Å². The van der Waals surface area contributed by atoms with Crippen molar-refractivity contribution < 1.29 is 9.53 Å². The summed E-state index contributed by atoms with van der Waals surface area (Å²) in [5, 5.41) is 2.04. The Kier molecular flexibility index (Phi) is 4.74. The minimum atomic E-state index is -0.169. The summed E-state index contributed by atoms with van der Waals surface area (Å²) < 4.78 is 5.27. The van der Waals surface area contributed by atoms with Crippen molar-refractivity contribution in [1.29, 1.82) is 0 Å². The van der Waals surface area contributed by atoms with Gasteiger partial charge in [-0.3, -0.25) is 4.79 Å². The lowest BCUT2D eigenvalue weighted by Gasteiger charge is -2.04. The summed E-state index contributed by atoms with van der Waals surface area (Å²) in [6.07, 6.45) is 0.357. The zero-order chi connectivity index (χ0) is 13.7. The highest BCUT2D eigenvalue weighted by Gasteiger charge is 2.09. The predicted molar refractivity (Wildman–Crippen MR) is 78.4 cm³/mol. The number of thiophene rings is 1. The van der Waals surface area contributed by atoms with Crippen LogP contribution >= 0.6 is 11.3 Å². The molecule has 0 unspecified atom stereocenters. The molecule has 19 heavy (non-hydrogen) atoms. The first-order valence-corrected chi connectivity index (χ1v) is 7.30. The topological polar surface area (TPSA) is 26.3 Å². The van der Waals surface area contributed by atoms with Crippen LogP contribution < -0.4 is 0 Å². The zero-order valence-electron chi connectivity index (χ0n) is 11.3. The van der Waals surface area contributed by atoms with Crippen molar-refractivity contribution >= 4 is 17.3 Å². The summed E-state index contributed by atoms with van der Waals surface area (Å²) in [7, 11) is 0. The molecule has 2 rings (SSSR count). The van der Waals surface area contributed by atoms with E-state index in [1.54, 1.807) is 11.3 Å². The average molecular weight is 274 g/mol. The summed E-state index contributed by atoms with van der Waals surface area (Å²) in [4.78, 5) is 13.1. The fourth-order valence-corrected chi connectivity index (χ4v) is 2.68. The van der Waals surface area contributed by atoms with Crippen molar-refractivity contribution in [1.82, 2.24) is 0 Å². The molecule has 0 aliphatic heterocycles. The Morgan fingerprint density at radius 2 is 1.95 bits per heavy atom. The number of carbonyl (C=O) groups is 1. The fraction of sp³-hybridized carbons (Fsp3) is 0.312. The van der Waals surface area contributed by atoms with Gasteiger partial charge < -0.3 is 4.74 Å². The molecule has 2 aromatic rings. The van der Waals surface area contributed by atoms with Crippen molar-refractivity contribution in [3.63, 3.8) is 0 Å². The minimum absolute atomic E-state index is 0.169. The van der Waals surface area contributed by atoms with E-state index in [1.165, 1.54) is 4.88 Å². The van der Waals surface area contributed by atoms with E-state index < -0.39 is 0 Å².